The number of benzene rings is 1. The molecule has 0 radical (unpaired) electrons. The first-order valence-electron chi connectivity index (χ1n) is 6.22. The first-order chi connectivity index (χ1) is 8.19. The smallest absolute Gasteiger partial charge is 0.0595 e. The van der Waals surface area contributed by atoms with Gasteiger partial charge in [-0.25, -0.2) is 0 Å². The Balaban J connectivity index is 0.000000437. The van der Waals surface area contributed by atoms with Gasteiger partial charge in [0.1, 0.15) is 0 Å². The van der Waals surface area contributed by atoms with Gasteiger partial charge in [-0.1, -0.05) is 48.5 Å². The van der Waals surface area contributed by atoms with Crippen LogP contribution in [0.5, 0.6) is 0 Å². The quantitative estimate of drug-likeness (QED) is 0.769. The van der Waals surface area contributed by atoms with Crippen LogP contribution in [0.3, 0.4) is 0 Å². The first-order valence-corrected chi connectivity index (χ1v) is 6.98. The highest BCUT2D eigenvalue weighted by Crippen LogP contribution is 2.35. The Morgan fingerprint density at radius 2 is 1.59 bits per heavy atom. The molecule has 0 saturated heterocycles. The zero-order chi connectivity index (χ0) is 12.7. The van der Waals surface area contributed by atoms with Gasteiger partial charge in [0.2, 0.25) is 0 Å². The van der Waals surface area contributed by atoms with Crippen LogP contribution in [0, 0.1) is 0 Å². The van der Waals surface area contributed by atoms with E-state index in [0.29, 0.717) is 16.0 Å². The van der Waals surface area contributed by atoms with Crippen molar-refractivity contribution in [2.75, 3.05) is 14.1 Å². The molecule has 0 atom stereocenters. The Hall–Kier alpha value is -0.240. The Bertz CT molecular complexity index is 333. The molecule has 0 spiro atoms. The molecule has 1 aliphatic rings. The molecule has 0 amide bonds. The minimum absolute atomic E-state index is 0.659. The van der Waals surface area contributed by atoms with Crippen molar-refractivity contribution in [2.24, 2.45) is 0 Å². The predicted octanol–water partition coefficient (Wildman–Crippen LogP) is 4.88. The number of halogens is 2. The van der Waals surface area contributed by atoms with Crippen molar-refractivity contribution in [1.29, 1.82) is 0 Å². The van der Waals surface area contributed by atoms with Gasteiger partial charge in [0.05, 0.1) is 10.0 Å². The van der Waals surface area contributed by atoms with Gasteiger partial charge >= 0.3 is 0 Å². The van der Waals surface area contributed by atoms with Gasteiger partial charge in [-0.05, 0) is 50.6 Å². The van der Waals surface area contributed by atoms with Gasteiger partial charge in [0.25, 0.3) is 0 Å². The van der Waals surface area contributed by atoms with Crippen LogP contribution < -0.4 is 5.32 Å². The molecule has 0 bridgehead atoms. The zero-order valence-electron chi connectivity index (χ0n) is 10.6. The third-order valence-corrected chi connectivity index (χ3v) is 3.76. The summed E-state index contributed by atoms with van der Waals surface area (Å²) in [5.74, 6) is 0.707. The summed E-state index contributed by atoms with van der Waals surface area (Å²) in [4.78, 5) is 0. The van der Waals surface area contributed by atoms with Gasteiger partial charge in [0, 0.05) is 0 Å². The second-order valence-electron chi connectivity index (χ2n) is 4.51. The van der Waals surface area contributed by atoms with E-state index in [1.54, 1.807) is 0 Å². The number of nitrogens with one attached hydrogen (secondary N) is 1. The molecule has 96 valence electrons. The Labute approximate surface area is 115 Å². The lowest BCUT2D eigenvalue weighted by Crippen LogP contribution is -2.04. The van der Waals surface area contributed by atoms with E-state index in [9.17, 15) is 0 Å². The van der Waals surface area contributed by atoms with Gasteiger partial charge < -0.3 is 5.32 Å². The van der Waals surface area contributed by atoms with E-state index in [1.165, 1.54) is 37.7 Å². The van der Waals surface area contributed by atoms with E-state index in [1.807, 2.05) is 26.2 Å². The second-order valence-corrected chi connectivity index (χ2v) is 5.32. The molecule has 3 heteroatoms. The first kappa shape index (κ1) is 14.8. The lowest BCUT2D eigenvalue weighted by atomic mass is 9.84. The molecule has 0 heterocycles. The number of hydrogen-bond donors (Lipinski definition) is 1. The summed E-state index contributed by atoms with van der Waals surface area (Å²) >= 11 is 11.9. The molecule has 1 aromatic carbocycles. The van der Waals surface area contributed by atoms with E-state index >= 15 is 0 Å². The van der Waals surface area contributed by atoms with Crippen molar-refractivity contribution in [1.82, 2.24) is 5.32 Å². The summed E-state index contributed by atoms with van der Waals surface area (Å²) in [6, 6.07) is 6.05. The largest absolute Gasteiger partial charge is 0.323 e. The maximum Gasteiger partial charge on any atom is 0.0595 e. The van der Waals surface area contributed by atoms with Crippen LogP contribution in [0.4, 0.5) is 0 Å². The molecule has 1 aliphatic carbocycles. The summed E-state index contributed by atoms with van der Waals surface area (Å²) in [6.45, 7) is 0. The van der Waals surface area contributed by atoms with E-state index in [4.69, 9.17) is 23.2 Å². The molecule has 1 fully saturated rings. The summed E-state index contributed by atoms with van der Waals surface area (Å²) < 4.78 is 0. The van der Waals surface area contributed by atoms with Crippen molar-refractivity contribution < 1.29 is 0 Å². The van der Waals surface area contributed by atoms with E-state index in [2.05, 4.69) is 11.4 Å². The fraction of sp³-hybridized carbons (Fsp3) is 0.571. The van der Waals surface area contributed by atoms with Crippen molar-refractivity contribution in [2.45, 2.75) is 38.0 Å². The normalized spacial score (nSPS) is 16.2. The second kappa shape index (κ2) is 7.97. The lowest BCUT2D eigenvalue weighted by Gasteiger charge is -2.22. The highest BCUT2D eigenvalue weighted by Gasteiger charge is 2.15. The molecule has 0 aromatic heterocycles. The molecular formula is C14H21Cl2N. The third-order valence-electron chi connectivity index (χ3n) is 3.02. The van der Waals surface area contributed by atoms with Crippen molar-refractivity contribution >= 4 is 23.2 Å². The minimum Gasteiger partial charge on any atom is -0.323 e. The Morgan fingerprint density at radius 3 is 2.12 bits per heavy atom. The monoisotopic (exact) mass is 273 g/mol. The molecule has 0 unspecified atom stereocenters. The number of rotatable bonds is 1. The summed E-state index contributed by atoms with van der Waals surface area (Å²) in [7, 11) is 3.75. The van der Waals surface area contributed by atoms with Crippen molar-refractivity contribution in [3.8, 4) is 0 Å². The maximum atomic E-state index is 6.00. The SMILES string of the molecule is CNC.Clc1ccc(C2CCCCC2)cc1Cl. The zero-order valence-corrected chi connectivity index (χ0v) is 12.1. The Kier molecular flexibility index (Phi) is 6.94. The van der Waals surface area contributed by atoms with Crippen molar-refractivity contribution in [3.63, 3.8) is 0 Å². The fourth-order valence-corrected chi connectivity index (χ4v) is 2.51. The highest BCUT2D eigenvalue weighted by molar-refractivity contribution is 6.42. The third kappa shape index (κ3) is 4.87. The molecule has 1 N–H and O–H groups in total. The summed E-state index contributed by atoms with van der Waals surface area (Å²) in [6.07, 6.45) is 6.70. The number of hydrogen-bond acceptors (Lipinski definition) is 1. The predicted molar refractivity (Wildman–Crippen MR) is 77.3 cm³/mol. The van der Waals surface area contributed by atoms with Gasteiger partial charge in [-0.15, -0.1) is 0 Å². The molecule has 2 rings (SSSR count). The van der Waals surface area contributed by atoms with Crippen LogP contribution in [0.2, 0.25) is 10.0 Å². The fourth-order valence-electron chi connectivity index (χ4n) is 2.20. The van der Waals surface area contributed by atoms with E-state index < -0.39 is 0 Å². The van der Waals surface area contributed by atoms with E-state index in [0.717, 1.165) is 0 Å². The molecule has 17 heavy (non-hydrogen) atoms. The van der Waals surface area contributed by atoms with Crippen LogP contribution in [0.1, 0.15) is 43.6 Å². The maximum absolute atomic E-state index is 6.00. The van der Waals surface area contributed by atoms with Gasteiger partial charge in [0.15, 0.2) is 0 Å². The van der Waals surface area contributed by atoms with Crippen LogP contribution in [0.15, 0.2) is 18.2 Å². The van der Waals surface area contributed by atoms with Crippen LogP contribution in [-0.2, 0) is 0 Å². The Morgan fingerprint density at radius 1 is 1.00 bits per heavy atom. The van der Waals surface area contributed by atoms with Gasteiger partial charge in [-0.3, -0.25) is 0 Å². The van der Waals surface area contributed by atoms with Crippen molar-refractivity contribution in [3.05, 3.63) is 33.8 Å². The van der Waals surface area contributed by atoms with E-state index in [-0.39, 0.29) is 0 Å². The molecule has 0 aliphatic heterocycles. The molecule has 1 saturated carbocycles. The molecule has 1 aromatic rings. The highest BCUT2D eigenvalue weighted by atomic mass is 35.5. The average molecular weight is 274 g/mol. The molecular weight excluding hydrogens is 253 g/mol. The van der Waals surface area contributed by atoms with Crippen LogP contribution in [0.25, 0.3) is 0 Å². The summed E-state index contributed by atoms with van der Waals surface area (Å²) in [5, 5.41) is 4.10. The topological polar surface area (TPSA) is 12.0 Å². The van der Waals surface area contributed by atoms with Crippen LogP contribution >= 0.6 is 23.2 Å². The van der Waals surface area contributed by atoms with Crippen LogP contribution in [-0.4, -0.2) is 14.1 Å². The lowest BCUT2D eigenvalue weighted by molar-refractivity contribution is 0.443. The standard InChI is InChI=1S/C12H14Cl2.C2H7N/c13-11-7-6-10(8-12(11)14)9-4-2-1-3-5-9;1-3-2/h6-9H,1-5H2;3H,1-2H3. The minimum atomic E-state index is 0.659. The van der Waals surface area contributed by atoms with Gasteiger partial charge in [-0.2, -0.15) is 0 Å². The average Bonchev–Trinajstić information content (AvgIpc) is 2.35. The molecule has 1 nitrogen and oxygen atoms in total. The summed E-state index contributed by atoms with van der Waals surface area (Å²) in [5.41, 5.74) is 1.36.